The molecule has 40 heavy (non-hydrogen) atoms. The molecule has 3 amide bonds. The molecule has 4 rings (SSSR count). The summed E-state index contributed by atoms with van der Waals surface area (Å²) in [7, 11) is 0. The Morgan fingerprint density at radius 3 is 2.33 bits per heavy atom. The monoisotopic (exact) mass is 566 g/mol. The molecule has 0 saturated heterocycles. The molecule has 1 aliphatic carbocycles. The fourth-order valence-electron chi connectivity index (χ4n) is 4.70. The van der Waals surface area contributed by atoms with Gasteiger partial charge in [-0.1, -0.05) is 24.4 Å². The largest absolute Gasteiger partial charge is 0.464 e. The van der Waals surface area contributed by atoms with Crippen molar-refractivity contribution >= 4 is 46.8 Å². The summed E-state index contributed by atoms with van der Waals surface area (Å²) in [4.78, 5) is 53.2. The van der Waals surface area contributed by atoms with E-state index in [4.69, 9.17) is 8.94 Å². The van der Waals surface area contributed by atoms with Gasteiger partial charge in [-0.25, -0.2) is 0 Å². The van der Waals surface area contributed by atoms with E-state index in [9.17, 15) is 19.2 Å². The Hall–Kier alpha value is -3.86. The number of carbonyl (C=O) groups excluding carboxylic acids is 4. The van der Waals surface area contributed by atoms with Gasteiger partial charge >= 0.3 is 0 Å². The molecule has 2 heterocycles. The number of ketones is 1. The van der Waals surface area contributed by atoms with Crippen molar-refractivity contribution in [1.82, 2.24) is 10.5 Å². The number of benzene rings is 1. The number of nitrogens with zero attached hydrogens (tertiary/aromatic N) is 2. The molecule has 1 aromatic carbocycles. The molecular weight excluding hydrogens is 532 g/mol. The number of anilines is 2. The Labute approximate surface area is 237 Å². The molecule has 11 heteroatoms. The topological polar surface area (TPSA) is 135 Å². The zero-order chi connectivity index (χ0) is 28.6. The second kappa shape index (κ2) is 13.5. The lowest BCUT2D eigenvalue weighted by atomic mass is 9.95. The van der Waals surface area contributed by atoms with Gasteiger partial charge in [-0.2, -0.15) is 0 Å². The molecular formula is C29H34N4O6S. The van der Waals surface area contributed by atoms with Crippen molar-refractivity contribution in [2.75, 3.05) is 21.7 Å². The van der Waals surface area contributed by atoms with Crippen LogP contribution in [-0.4, -0.2) is 46.2 Å². The summed E-state index contributed by atoms with van der Waals surface area (Å²) in [5.41, 5.74) is 0.929. The van der Waals surface area contributed by atoms with E-state index >= 15 is 0 Å². The number of nitrogens with one attached hydrogen (secondary N) is 2. The van der Waals surface area contributed by atoms with E-state index in [1.54, 1.807) is 56.3 Å². The first-order valence-corrected chi connectivity index (χ1v) is 14.5. The zero-order valence-corrected chi connectivity index (χ0v) is 23.7. The summed E-state index contributed by atoms with van der Waals surface area (Å²) in [5.74, 6) is 0.554. The molecule has 2 aromatic heterocycles. The maximum atomic E-state index is 13.8. The maximum absolute atomic E-state index is 13.8. The first-order chi connectivity index (χ1) is 19.2. The van der Waals surface area contributed by atoms with E-state index in [0.717, 1.165) is 43.9 Å². The molecule has 212 valence electrons. The van der Waals surface area contributed by atoms with Crippen molar-refractivity contribution < 1.29 is 28.1 Å². The van der Waals surface area contributed by atoms with Crippen molar-refractivity contribution in [1.29, 1.82) is 0 Å². The molecule has 0 spiro atoms. The second-order valence-electron chi connectivity index (χ2n) is 9.93. The number of aromatic nitrogens is 1. The Morgan fingerprint density at radius 1 is 1.00 bits per heavy atom. The van der Waals surface area contributed by atoms with Gasteiger partial charge in [0, 0.05) is 23.4 Å². The lowest BCUT2D eigenvalue weighted by Crippen LogP contribution is -2.47. The number of rotatable bonds is 11. The van der Waals surface area contributed by atoms with E-state index < -0.39 is 6.04 Å². The Kier molecular flexibility index (Phi) is 9.81. The predicted octanol–water partition coefficient (Wildman–Crippen LogP) is 4.98. The first-order valence-electron chi connectivity index (χ1n) is 13.3. The zero-order valence-electron chi connectivity index (χ0n) is 22.9. The highest BCUT2D eigenvalue weighted by Crippen LogP contribution is 2.31. The summed E-state index contributed by atoms with van der Waals surface area (Å²) in [6.07, 6.45) is 4.98. The summed E-state index contributed by atoms with van der Waals surface area (Å²) < 4.78 is 10.8. The highest BCUT2D eigenvalue weighted by molar-refractivity contribution is 8.00. The lowest BCUT2D eigenvalue weighted by Gasteiger charge is -2.32. The van der Waals surface area contributed by atoms with Crippen LogP contribution >= 0.6 is 11.8 Å². The molecule has 10 nitrogen and oxygen atoms in total. The van der Waals surface area contributed by atoms with E-state index in [0.29, 0.717) is 34.3 Å². The highest BCUT2D eigenvalue weighted by Gasteiger charge is 2.36. The van der Waals surface area contributed by atoms with Crippen molar-refractivity contribution in [3.8, 4) is 0 Å². The van der Waals surface area contributed by atoms with Crippen LogP contribution in [0.4, 0.5) is 11.5 Å². The number of amides is 3. The third kappa shape index (κ3) is 7.62. The molecule has 0 aliphatic heterocycles. The molecule has 1 aliphatic rings. The van der Waals surface area contributed by atoms with Gasteiger partial charge in [0.15, 0.2) is 17.6 Å². The molecule has 1 unspecified atom stereocenters. The first kappa shape index (κ1) is 29.1. The summed E-state index contributed by atoms with van der Waals surface area (Å²) in [6.45, 7) is 4.96. The van der Waals surface area contributed by atoms with E-state index in [1.165, 1.54) is 11.8 Å². The number of thioether (sulfide) groups is 1. The van der Waals surface area contributed by atoms with Gasteiger partial charge in [0.25, 0.3) is 5.91 Å². The quantitative estimate of drug-likeness (QED) is 0.310. The molecule has 0 radical (unpaired) electrons. The third-order valence-corrected chi connectivity index (χ3v) is 7.58. The van der Waals surface area contributed by atoms with Crippen LogP contribution in [0.25, 0.3) is 0 Å². The van der Waals surface area contributed by atoms with Crippen molar-refractivity contribution in [3.63, 3.8) is 0 Å². The molecule has 2 N–H and O–H groups in total. The Balaban J connectivity index is 1.57. The van der Waals surface area contributed by atoms with Crippen LogP contribution in [0, 0.1) is 13.8 Å². The van der Waals surface area contributed by atoms with Crippen LogP contribution in [0.15, 0.2) is 51.4 Å². The number of furan rings is 1. The van der Waals surface area contributed by atoms with E-state index in [1.807, 2.05) is 0 Å². The van der Waals surface area contributed by atoms with Crippen molar-refractivity contribution in [3.05, 3.63) is 65.3 Å². The van der Waals surface area contributed by atoms with Gasteiger partial charge < -0.3 is 19.6 Å². The predicted molar refractivity (Wildman–Crippen MR) is 152 cm³/mol. The van der Waals surface area contributed by atoms with Crippen LogP contribution in [-0.2, 0) is 14.4 Å². The maximum Gasteiger partial charge on any atom is 0.251 e. The van der Waals surface area contributed by atoms with Crippen LogP contribution in [0.2, 0.25) is 0 Å². The van der Waals surface area contributed by atoms with Gasteiger partial charge in [0.05, 0.1) is 11.5 Å². The van der Waals surface area contributed by atoms with Crippen LogP contribution in [0.5, 0.6) is 0 Å². The summed E-state index contributed by atoms with van der Waals surface area (Å²) in [6, 6.07) is 10.6. The SMILES string of the molecule is CC(=O)c1ccc(N(C(=O)CSCC(=O)Nc2cc(C)on2)C(C(=O)NC2CCCCC2)c2ccc(C)o2)cc1. The number of hydrogen-bond donors (Lipinski definition) is 2. The van der Waals surface area contributed by atoms with Gasteiger partial charge in [-0.3, -0.25) is 24.1 Å². The third-order valence-electron chi connectivity index (χ3n) is 6.66. The van der Waals surface area contributed by atoms with Crippen molar-refractivity contribution in [2.45, 2.75) is 65.0 Å². The second-order valence-corrected chi connectivity index (χ2v) is 10.9. The van der Waals surface area contributed by atoms with E-state index in [2.05, 4.69) is 15.8 Å². The van der Waals surface area contributed by atoms with Crippen LogP contribution < -0.4 is 15.5 Å². The summed E-state index contributed by atoms with van der Waals surface area (Å²) in [5, 5.41) is 9.50. The molecule has 3 aromatic rings. The minimum atomic E-state index is -1.07. The fourth-order valence-corrected chi connectivity index (χ4v) is 5.37. The van der Waals surface area contributed by atoms with Crippen LogP contribution in [0.3, 0.4) is 0 Å². The van der Waals surface area contributed by atoms with Crippen LogP contribution in [0.1, 0.15) is 72.7 Å². The Morgan fingerprint density at radius 2 is 1.73 bits per heavy atom. The number of hydrogen-bond acceptors (Lipinski definition) is 8. The number of Topliss-reactive ketones (excluding diaryl/α,β-unsaturated/α-hetero) is 1. The van der Waals surface area contributed by atoms with Crippen molar-refractivity contribution in [2.24, 2.45) is 0 Å². The van der Waals surface area contributed by atoms with Gasteiger partial charge in [-0.05, 0) is 70.0 Å². The average molecular weight is 567 g/mol. The van der Waals surface area contributed by atoms with E-state index in [-0.39, 0.29) is 41.1 Å². The number of carbonyl (C=O) groups is 4. The molecule has 1 saturated carbocycles. The highest BCUT2D eigenvalue weighted by atomic mass is 32.2. The summed E-state index contributed by atoms with van der Waals surface area (Å²) >= 11 is 1.11. The minimum absolute atomic E-state index is 0.00639. The van der Waals surface area contributed by atoms with Gasteiger partial charge in [0.2, 0.25) is 11.8 Å². The number of aryl methyl sites for hydroxylation is 2. The smallest absolute Gasteiger partial charge is 0.251 e. The molecule has 1 atom stereocenters. The average Bonchev–Trinajstić information content (AvgIpc) is 3.54. The van der Waals surface area contributed by atoms with Gasteiger partial charge in [0.1, 0.15) is 17.3 Å². The Bertz CT molecular complexity index is 1340. The molecule has 0 bridgehead atoms. The fraction of sp³-hybridized carbons (Fsp3) is 0.414. The molecule has 1 fully saturated rings. The minimum Gasteiger partial charge on any atom is -0.464 e. The normalized spacial score (nSPS) is 14.4. The van der Waals surface area contributed by atoms with Gasteiger partial charge in [-0.15, -0.1) is 11.8 Å². The lowest BCUT2D eigenvalue weighted by molar-refractivity contribution is -0.127. The standard InChI is InChI=1S/C29H34N4O6S/c1-18-9-14-24(38-18)28(29(37)30-22-7-5-4-6-8-22)33(23-12-10-21(11-13-23)20(3)34)27(36)17-40-16-26(35)31-25-15-19(2)39-32-25/h9-15,22,28H,4-8,16-17H2,1-3H3,(H,30,37)(H,31,32,35).